The summed E-state index contributed by atoms with van der Waals surface area (Å²) in [6, 6.07) is 14.2. The van der Waals surface area contributed by atoms with Gasteiger partial charge in [-0.3, -0.25) is 0 Å². The standard InChI is InChI=1S/C12H11O2P/c13-15(14)9-8-11-6-3-5-10-4-1-2-7-12(10)11/h1-7H,8-9H2/p+1. The van der Waals surface area contributed by atoms with Crippen LogP contribution in [0.1, 0.15) is 5.56 Å². The second-order valence-electron chi connectivity index (χ2n) is 3.46. The van der Waals surface area contributed by atoms with Crippen molar-refractivity contribution in [2.75, 3.05) is 6.16 Å². The molecule has 0 bridgehead atoms. The van der Waals surface area contributed by atoms with Crippen molar-refractivity contribution in [3.8, 4) is 0 Å². The molecular weight excluding hydrogens is 207 g/mol. The van der Waals surface area contributed by atoms with Crippen molar-refractivity contribution >= 4 is 18.8 Å². The van der Waals surface area contributed by atoms with Crippen molar-refractivity contribution in [2.24, 2.45) is 0 Å². The van der Waals surface area contributed by atoms with Gasteiger partial charge in [0.15, 0.2) is 6.16 Å². The Morgan fingerprint density at radius 3 is 2.60 bits per heavy atom. The van der Waals surface area contributed by atoms with Crippen LogP contribution in [0.25, 0.3) is 10.8 Å². The minimum absolute atomic E-state index is 0.337. The highest BCUT2D eigenvalue weighted by molar-refractivity contribution is 7.37. The van der Waals surface area contributed by atoms with Gasteiger partial charge in [0.25, 0.3) is 0 Å². The molecule has 0 heterocycles. The van der Waals surface area contributed by atoms with E-state index in [0.717, 1.165) is 5.56 Å². The van der Waals surface area contributed by atoms with Crippen molar-refractivity contribution in [3.05, 3.63) is 48.0 Å². The number of rotatable bonds is 3. The molecule has 15 heavy (non-hydrogen) atoms. The van der Waals surface area contributed by atoms with E-state index >= 15 is 0 Å². The van der Waals surface area contributed by atoms with Gasteiger partial charge in [0.1, 0.15) is 0 Å². The lowest BCUT2D eigenvalue weighted by Gasteiger charge is -2.02. The zero-order chi connectivity index (χ0) is 10.7. The molecule has 3 heteroatoms. The van der Waals surface area contributed by atoms with Gasteiger partial charge in [0, 0.05) is 6.42 Å². The normalized spacial score (nSPS) is 11.7. The Hall–Kier alpha value is -1.24. The summed E-state index contributed by atoms with van der Waals surface area (Å²) in [5, 5.41) is 2.36. The van der Waals surface area contributed by atoms with Gasteiger partial charge in [0.2, 0.25) is 0 Å². The average molecular weight is 219 g/mol. The number of hydrogen-bond acceptors (Lipinski definition) is 1. The molecule has 1 atom stereocenters. The Bertz CT molecular complexity index is 488. The van der Waals surface area contributed by atoms with Crippen LogP contribution in [0.3, 0.4) is 0 Å². The molecule has 0 aromatic heterocycles. The molecule has 0 amide bonds. The van der Waals surface area contributed by atoms with Crippen molar-refractivity contribution in [1.29, 1.82) is 0 Å². The minimum Gasteiger partial charge on any atom is -0.161 e. The second-order valence-corrected chi connectivity index (χ2v) is 4.62. The fourth-order valence-electron chi connectivity index (χ4n) is 1.73. The Kier molecular flexibility index (Phi) is 3.10. The summed E-state index contributed by atoms with van der Waals surface area (Å²) in [6.45, 7) is 0. The maximum Gasteiger partial charge on any atom is 0.505 e. The van der Waals surface area contributed by atoms with Crippen LogP contribution in [0.2, 0.25) is 0 Å². The second kappa shape index (κ2) is 4.52. The molecule has 0 saturated heterocycles. The van der Waals surface area contributed by atoms with Gasteiger partial charge >= 0.3 is 8.03 Å². The Balaban J connectivity index is 2.38. The van der Waals surface area contributed by atoms with Crippen LogP contribution in [0.5, 0.6) is 0 Å². The first-order chi connectivity index (χ1) is 7.27. The summed E-state index contributed by atoms with van der Waals surface area (Å²) in [7, 11) is -2.03. The van der Waals surface area contributed by atoms with E-state index in [2.05, 4.69) is 18.2 Å². The van der Waals surface area contributed by atoms with E-state index in [-0.39, 0.29) is 0 Å². The van der Waals surface area contributed by atoms with Crippen LogP contribution in [-0.2, 0) is 11.0 Å². The number of hydrogen-bond donors (Lipinski definition) is 1. The summed E-state index contributed by atoms with van der Waals surface area (Å²) in [5.41, 5.74) is 1.14. The smallest absolute Gasteiger partial charge is 0.161 e. The van der Waals surface area contributed by atoms with Crippen molar-refractivity contribution in [1.82, 2.24) is 0 Å². The highest BCUT2D eigenvalue weighted by atomic mass is 31.1. The molecule has 0 spiro atoms. The number of aryl methyl sites for hydroxylation is 1. The van der Waals surface area contributed by atoms with E-state index in [0.29, 0.717) is 12.6 Å². The van der Waals surface area contributed by atoms with Crippen LogP contribution in [-0.4, -0.2) is 11.1 Å². The van der Waals surface area contributed by atoms with Crippen LogP contribution in [0.4, 0.5) is 0 Å². The average Bonchev–Trinajstić information content (AvgIpc) is 2.26. The molecule has 2 aromatic rings. The lowest BCUT2D eigenvalue weighted by molar-refractivity contribution is 0.503. The molecular formula is C12H12O2P+. The van der Waals surface area contributed by atoms with E-state index in [4.69, 9.17) is 4.89 Å². The molecule has 1 unspecified atom stereocenters. The summed E-state index contributed by atoms with van der Waals surface area (Å²) in [5.74, 6) is 0. The lowest BCUT2D eigenvalue weighted by atomic mass is 10.0. The Morgan fingerprint density at radius 2 is 1.80 bits per heavy atom. The first kappa shape index (κ1) is 10.3. The van der Waals surface area contributed by atoms with E-state index < -0.39 is 8.03 Å². The quantitative estimate of drug-likeness (QED) is 0.805. The molecule has 0 aliphatic carbocycles. The Morgan fingerprint density at radius 1 is 1.07 bits per heavy atom. The fourth-order valence-corrected chi connectivity index (χ4v) is 2.16. The number of benzene rings is 2. The number of fused-ring (bicyclic) bond motifs is 1. The third kappa shape index (κ3) is 2.41. The van der Waals surface area contributed by atoms with Crippen molar-refractivity contribution in [2.45, 2.75) is 6.42 Å². The lowest BCUT2D eigenvalue weighted by Crippen LogP contribution is -1.89. The third-order valence-electron chi connectivity index (χ3n) is 2.45. The van der Waals surface area contributed by atoms with Gasteiger partial charge in [-0.1, -0.05) is 42.5 Å². The van der Waals surface area contributed by atoms with Gasteiger partial charge < -0.3 is 0 Å². The van der Waals surface area contributed by atoms with Gasteiger partial charge in [-0.15, -0.1) is 0 Å². The molecule has 2 rings (SSSR count). The largest absolute Gasteiger partial charge is 0.505 e. The van der Waals surface area contributed by atoms with Crippen LogP contribution >= 0.6 is 8.03 Å². The molecule has 2 aromatic carbocycles. The molecule has 76 valence electrons. The Labute approximate surface area is 89.4 Å². The predicted molar refractivity (Wildman–Crippen MR) is 62.3 cm³/mol. The maximum absolute atomic E-state index is 10.7. The summed E-state index contributed by atoms with van der Waals surface area (Å²) in [4.78, 5) is 8.80. The highest BCUT2D eigenvalue weighted by Crippen LogP contribution is 2.22. The molecule has 0 saturated carbocycles. The molecule has 0 fully saturated rings. The monoisotopic (exact) mass is 219 g/mol. The maximum atomic E-state index is 10.7. The SMILES string of the molecule is O=[P+](O)CCc1cccc2ccccc12. The van der Waals surface area contributed by atoms with E-state index in [9.17, 15) is 4.57 Å². The summed E-state index contributed by atoms with van der Waals surface area (Å²) >= 11 is 0. The topological polar surface area (TPSA) is 37.3 Å². The van der Waals surface area contributed by atoms with Crippen molar-refractivity contribution < 1.29 is 9.46 Å². The van der Waals surface area contributed by atoms with Gasteiger partial charge in [-0.05, 0) is 20.9 Å². The third-order valence-corrected chi connectivity index (χ3v) is 3.06. The molecule has 1 N–H and O–H groups in total. The molecule has 0 radical (unpaired) electrons. The van der Waals surface area contributed by atoms with E-state index in [1.54, 1.807) is 0 Å². The first-order valence-corrected chi connectivity index (χ1v) is 6.27. The zero-order valence-electron chi connectivity index (χ0n) is 8.26. The predicted octanol–water partition coefficient (Wildman–Crippen LogP) is 3.12. The molecule has 0 aliphatic heterocycles. The van der Waals surface area contributed by atoms with E-state index in [1.807, 2.05) is 24.3 Å². The molecule has 2 nitrogen and oxygen atoms in total. The summed E-state index contributed by atoms with van der Waals surface area (Å²) in [6.07, 6.45) is 0.996. The van der Waals surface area contributed by atoms with Crippen molar-refractivity contribution in [3.63, 3.8) is 0 Å². The van der Waals surface area contributed by atoms with Gasteiger partial charge in [-0.25, -0.2) is 0 Å². The van der Waals surface area contributed by atoms with E-state index in [1.165, 1.54) is 10.8 Å². The van der Waals surface area contributed by atoms with Crippen LogP contribution < -0.4 is 0 Å². The minimum atomic E-state index is -2.03. The van der Waals surface area contributed by atoms with Gasteiger partial charge in [-0.2, -0.15) is 4.89 Å². The first-order valence-electron chi connectivity index (χ1n) is 4.87. The molecule has 0 aliphatic rings. The van der Waals surface area contributed by atoms with Crippen LogP contribution in [0, 0.1) is 0 Å². The zero-order valence-corrected chi connectivity index (χ0v) is 9.15. The summed E-state index contributed by atoms with van der Waals surface area (Å²) < 4.78 is 10.7. The van der Waals surface area contributed by atoms with Gasteiger partial charge in [0.05, 0.1) is 0 Å². The van der Waals surface area contributed by atoms with Crippen LogP contribution in [0.15, 0.2) is 42.5 Å². The fraction of sp³-hybridized carbons (Fsp3) is 0.167. The highest BCUT2D eigenvalue weighted by Gasteiger charge is 2.10.